The van der Waals surface area contributed by atoms with Gasteiger partial charge in [-0.3, -0.25) is 0 Å². The summed E-state index contributed by atoms with van der Waals surface area (Å²) in [7, 11) is 4.18. The lowest BCUT2D eigenvalue weighted by molar-refractivity contribution is 0.386. The number of nitrogens with zero attached hydrogens (tertiary/aromatic N) is 4. The van der Waals surface area contributed by atoms with Gasteiger partial charge in [-0.15, -0.1) is 0 Å². The van der Waals surface area contributed by atoms with Gasteiger partial charge in [0.2, 0.25) is 0 Å². The number of hydrogen-bond acceptors (Lipinski definition) is 3. The number of halogens is 1. The van der Waals surface area contributed by atoms with Crippen LogP contribution in [0.4, 0.5) is 0 Å². The lowest BCUT2D eigenvalue weighted by Gasteiger charge is -2.17. The van der Waals surface area contributed by atoms with Gasteiger partial charge in [0, 0.05) is 22.9 Å². The summed E-state index contributed by atoms with van der Waals surface area (Å²) in [6.45, 7) is 1.84. The average molecular weight is 369 g/mol. The zero-order valence-electron chi connectivity index (χ0n) is 13.1. The second-order valence-corrected chi connectivity index (χ2v) is 6.92. The molecule has 0 bridgehead atoms. The highest BCUT2D eigenvalue weighted by atomic mass is 79.9. The van der Waals surface area contributed by atoms with Gasteiger partial charge in [0.1, 0.15) is 5.69 Å². The standard InChI is InChI=1S/C18H17BrN4/c1-22(2)9-10-23-16-6-4-3-5-15(16)20-17-13-11-12(19)7-8-14(13)21-18(17)23/h3-8,11H,9-10H2,1-2H3. The van der Waals surface area contributed by atoms with E-state index in [9.17, 15) is 0 Å². The molecule has 4 rings (SSSR count). The molecule has 2 aliphatic heterocycles. The molecule has 2 aromatic rings. The number of fused-ring (bicyclic) bond motifs is 4. The SMILES string of the molecule is CN(C)CCn1c2nc3ccc(Br)cc3c-2nc2ccccc21. The van der Waals surface area contributed by atoms with E-state index < -0.39 is 0 Å². The van der Waals surface area contributed by atoms with Crippen LogP contribution in [0.1, 0.15) is 0 Å². The third-order valence-electron chi connectivity index (χ3n) is 4.08. The highest BCUT2D eigenvalue weighted by Gasteiger charge is 2.19. The van der Waals surface area contributed by atoms with Crippen LogP contribution in [0.15, 0.2) is 46.9 Å². The minimum Gasteiger partial charge on any atom is -0.321 e. The Balaban J connectivity index is 2.05. The van der Waals surface area contributed by atoms with E-state index in [0.717, 1.165) is 51.0 Å². The van der Waals surface area contributed by atoms with Crippen LogP contribution in [0.3, 0.4) is 0 Å². The maximum absolute atomic E-state index is 4.88. The summed E-state index contributed by atoms with van der Waals surface area (Å²) in [6, 6.07) is 14.4. The van der Waals surface area contributed by atoms with Gasteiger partial charge in [0.05, 0.1) is 16.6 Å². The van der Waals surface area contributed by atoms with Gasteiger partial charge in [-0.25, -0.2) is 9.97 Å². The zero-order chi connectivity index (χ0) is 16.0. The van der Waals surface area contributed by atoms with Crippen LogP contribution in [-0.4, -0.2) is 40.1 Å². The lowest BCUT2D eigenvalue weighted by Crippen LogP contribution is -2.20. The quantitative estimate of drug-likeness (QED) is 0.547. The Labute approximate surface area is 143 Å². The second kappa shape index (κ2) is 5.58. The number of para-hydroxylation sites is 2. The van der Waals surface area contributed by atoms with Crippen LogP contribution in [-0.2, 0) is 6.54 Å². The van der Waals surface area contributed by atoms with Crippen LogP contribution in [0, 0.1) is 0 Å². The number of aromatic nitrogens is 3. The van der Waals surface area contributed by atoms with Crippen molar-refractivity contribution < 1.29 is 0 Å². The third-order valence-corrected chi connectivity index (χ3v) is 4.58. The molecule has 23 heavy (non-hydrogen) atoms. The van der Waals surface area contributed by atoms with E-state index in [0.29, 0.717) is 0 Å². The molecule has 2 aromatic carbocycles. The molecule has 2 heterocycles. The second-order valence-electron chi connectivity index (χ2n) is 6.00. The first-order chi connectivity index (χ1) is 11.1. The topological polar surface area (TPSA) is 34.0 Å². The molecule has 0 fully saturated rings. The van der Waals surface area contributed by atoms with Gasteiger partial charge in [0.25, 0.3) is 0 Å². The van der Waals surface area contributed by atoms with Crippen molar-refractivity contribution in [2.45, 2.75) is 6.54 Å². The van der Waals surface area contributed by atoms with Crippen molar-refractivity contribution in [3.8, 4) is 11.5 Å². The van der Waals surface area contributed by atoms with Crippen molar-refractivity contribution in [2.24, 2.45) is 0 Å². The number of rotatable bonds is 3. The molecule has 0 aliphatic carbocycles. The number of benzene rings is 2. The molecule has 0 aromatic heterocycles. The molecule has 0 radical (unpaired) electrons. The molecule has 0 atom stereocenters. The Morgan fingerprint density at radius 2 is 1.87 bits per heavy atom. The first kappa shape index (κ1) is 14.6. The molecule has 0 saturated heterocycles. The molecule has 5 heteroatoms. The molecule has 0 spiro atoms. The molecular formula is C18H17BrN4. The minimum atomic E-state index is 0.886. The Kier molecular flexibility index (Phi) is 3.54. The van der Waals surface area contributed by atoms with Crippen LogP contribution >= 0.6 is 15.9 Å². The summed E-state index contributed by atoms with van der Waals surface area (Å²) in [6.07, 6.45) is 0. The monoisotopic (exact) mass is 368 g/mol. The minimum absolute atomic E-state index is 0.886. The van der Waals surface area contributed by atoms with Gasteiger partial charge in [-0.05, 0) is 44.4 Å². The first-order valence-electron chi connectivity index (χ1n) is 7.62. The van der Waals surface area contributed by atoms with Crippen LogP contribution < -0.4 is 0 Å². The molecule has 0 saturated carbocycles. The van der Waals surface area contributed by atoms with Crippen LogP contribution in [0.5, 0.6) is 0 Å². The van der Waals surface area contributed by atoms with E-state index in [1.165, 1.54) is 0 Å². The van der Waals surface area contributed by atoms with Gasteiger partial charge in [-0.2, -0.15) is 0 Å². The van der Waals surface area contributed by atoms with Crippen molar-refractivity contribution in [3.05, 3.63) is 46.9 Å². The Bertz CT molecular complexity index is 974. The maximum Gasteiger partial charge on any atom is 0.160 e. The first-order valence-corrected chi connectivity index (χ1v) is 8.42. The average Bonchev–Trinajstić information content (AvgIpc) is 2.89. The number of likely N-dealkylation sites (N-methyl/N-ethyl adjacent to an activating group) is 1. The summed E-state index contributed by atoms with van der Waals surface area (Å²) in [5, 5.41) is 1.10. The number of hydrogen-bond donors (Lipinski definition) is 0. The third kappa shape index (κ3) is 2.50. The van der Waals surface area contributed by atoms with Crippen molar-refractivity contribution >= 4 is 37.9 Å². The lowest BCUT2D eigenvalue weighted by atomic mass is 10.2. The van der Waals surface area contributed by atoms with Gasteiger partial charge < -0.3 is 9.47 Å². The Morgan fingerprint density at radius 1 is 1.04 bits per heavy atom. The van der Waals surface area contributed by atoms with Crippen molar-refractivity contribution in [1.29, 1.82) is 0 Å². The van der Waals surface area contributed by atoms with Gasteiger partial charge in [0.15, 0.2) is 5.82 Å². The van der Waals surface area contributed by atoms with Crippen molar-refractivity contribution in [1.82, 2.24) is 19.4 Å². The van der Waals surface area contributed by atoms with Crippen LogP contribution in [0.25, 0.3) is 33.5 Å². The summed E-state index contributed by atoms with van der Waals surface area (Å²) in [4.78, 5) is 11.9. The van der Waals surface area contributed by atoms with E-state index in [2.05, 4.69) is 63.8 Å². The Hall–Kier alpha value is -1.98. The van der Waals surface area contributed by atoms with Crippen molar-refractivity contribution in [2.75, 3.05) is 20.6 Å². The highest BCUT2D eigenvalue weighted by Crippen LogP contribution is 2.33. The summed E-state index contributed by atoms with van der Waals surface area (Å²) in [5.41, 5.74) is 4.10. The smallest absolute Gasteiger partial charge is 0.160 e. The fraction of sp³-hybridized carbons (Fsp3) is 0.222. The summed E-state index contributed by atoms with van der Waals surface area (Å²) in [5.74, 6) is 0.957. The maximum atomic E-state index is 4.88. The predicted molar refractivity (Wildman–Crippen MR) is 97.9 cm³/mol. The predicted octanol–water partition coefficient (Wildman–Crippen LogP) is 4.01. The van der Waals surface area contributed by atoms with Gasteiger partial charge in [-0.1, -0.05) is 28.1 Å². The molecule has 116 valence electrons. The summed E-state index contributed by atoms with van der Waals surface area (Å²) >= 11 is 3.55. The van der Waals surface area contributed by atoms with E-state index in [1.807, 2.05) is 18.2 Å². The molecule has 0 amide bonds. The highest BCUT2D eigenvalue weighted by molar-refractivity contribution is 9.10. The largest absolute Gasteiger partial charge is 0.321 e. The van der Waals surface area contributed by atoms with Crippen LogP contribution in [0.2, 0.25) is 0 Å². The molecule has 0 unspecified atom stereocenters. The normalized spacial score (nSPS) is 12.0. The molecule has 2 aliphatic rings. The molecule has 4 nitrogen and oxygen atoms in total. The van der Waals surface area contributed by atoms with Crippen molar-refractivity contribution in [3.63, 3.8) is 0 Å². The summed E-state index contributed by atoms with van der Waals surface area (Å²) < 4.78 is 3.33. The van der Waals surface area contributed by atoms with Gasteiger partial charge >= 0.3 is 0 Å². The zero-order valence-corrected chi connectivity index (χ0v) is 14.7. The fourth-order valence-electron chi connectivity index (χ4n) is 2.93. The van der Waals surface area contributed by atoms with E-state index >= 15 is 0 Å². The molecular weight excluding hydrogens is 352 g/mol. The van der Waals surface area contributed by atoms with E-state index in [-0.39, 0.29) is 0 Å². The molecule has 0 N–H and O–H groups in total. The fourth-order valence-corrected chi connectivity index (χ4v) is 3.29. The van der Waals surface area contributed by atoms with E-state index in [1.54, 1.807) is 0 Å². The van der Waals surface area contributed by atoms with E-state index in [4.69, 9.17) is 9.97 Å². The Morgan fingerprint density at radius 3 is 2.70 bits per heavy atom.